The summed E-state index contributed by atoms with van der Waals surface area (Å²) < 4.78 is 64.8. The Hall–Kier alpha value is -3.11. The van der Waals surface area contributed by atoms with Crippen LogP contribution in [0.5, 0.6) is 0 Å². The third kappa shape index (κ3) is 3.16. The molecule has 2 aromatic carbocycles. The number of nitrogens with zero attached hydrogens (tertiary/aromatic N) is 2. The topological polar surface area (TPSA) is 93.8 Å². The van der Waals surface area contributed by atoms with Gasteiger partial charge < -0.3 is 4.98 Å². The van der Waals surface area contributed by atoms with E-state index in [1.54, 1.807) is 30.5 Å². The quantitative estimate of drug-likeness (QED) is 0.543. The molecule has 0 spiro atoms. The summed E-state index contributed by atoms with van der Waals surface area (Å²) in [6, 6.07) is 13.2. The predicted molar refractivity (Wildman–Crippen MR) is 97.2 cm³/mol. The molecule has 0 saturated carbocycles. The molecular weight excluding hydrogens is 393 g/mol. The molecule has 0 unspecified atom stereocenters. The molecule has 2 aromatic heterocycles. The van der Waals surface area contributed by atoms with Gasteiger partial charge in [-0.25, -0.2) is 18.2 Å². The van der Waals surface area contributed by atoms with Crippen molar-refractivity contribution in [1.82, 2.24) is 14.8 Å². The van der Waals surface area contributed by atoms with E-state index in [1.807, 2.05) is 0 Å². The maximum absolute atomic E-state index is 13.3. The molecule has 0 aliphatic heterocycles. The van der Waals surface area contributed by atoms with Gasteiger partial charge in [-0.3, -0.25) is 0 Å². The van der Waals surface area contributed by atoms with Crippen LogP contribution in [0, 0.1) is 0 Å². The van der Waals surface area contributed by atoms with Crippen LogP contribution < -0.4 is 5.14 Å². The molecule has 0 fully saturated rings. The van der Waals surface area contributed by atoms with Crippen LogP contribution in [0.25, 0.3) is 27.8 Å². The Morgan fingerprint density at radius 2 is 1.79 bits per heavy atom. The highest BCUT2D eigenvalue weighted by Gasteiger charge is 2.35. The molecule has 0 radical (unpaired) electrons. The summed E-state index contributed by atoms with van der Waals surface area (Å²) in [6.07, 6.45) is -2.99. The van der Waals surface area contributed by atoms with Crippen molar-refractivity contribution in [3.05, 3.63) is 66.5 Å². The zero-order valence-electron chi connectivity index (χ0n) is 14.1. The second-order valence-electron chi connectivity index (χ2n) is 6.12. The van der Waals surface area contributed by atoms with Gasteiger partial charge in [0.15, 0.2) is 5.69 Å². The van der Waals surface area contributed by atoms with E-state index in [9.17, 15) is 21.6 Å². The summed E-state index contributed by atoms with van der Waals surface area (Å²) in [5, 5.41) is 9.67. The van der Waals surface area contributed by atoms with Crippen LogP contribution in [0.4, 0.5) is 13.2 Å². The van der Waals surface area contributed by atoms with Gasteiger partial charge in [0.25, 0.3) is 0 Å². The first-order valence-electron chi connectivity index (χ1n) is 8.01. The van der Waals surface area contributed by atoms with E-state index in [0.717, 1.165) is 21.7 Å². The van der Waals surface area contributed by atoms with Crippen LogP contribution in [0.2, 0.25) is 0 Å². The average molecular weight is 406 g/mol. The maximum atomic E-state index is 13.3. The third-order valence-electron chi connectivity index (χ3n) is 4.25. The zero-order chi connectivity index (χ0) is 20.1. The molecule has 0 aliphatic rings. The third-order valence-corrected chi connectivity index (χ3v) is 5.21. The van der Waals surface area contributed by atoms with E-state index in [0.29, 0.717) is 5.56 Å². The van der Waals surface area contributed by atoms with Gasteiger partial charge in [-0.1, -0.05) is 18.2 Å². The van der Waals surface area contributed by atoms with Gasteiger partial charge in [-0.2, -0.15) is 18.3 Å². The minimum Gasteiger partial charge on any atom is -0.361 e. The highest BCUT2D eigenvalue weighted by Crippen LogP contribution is 2.35. The highest BCUT2D eigenvalue weighted by molar-refractivity contribution is 7.89. The molecule has 0 bridgehead atoms. The van der Waals surface area contributed by atoms with Crippen LogP contribution in [-0.4, -0.2) is 23.2 Å². The number of hydrogen-bond acceptors (Lipinski definition) is 3. The smallest absolute Gasteiger partial charge is 0.361 e. The average Bonchev–Trinajstić information content (AvgIpc) is 3.27. The van der Waals surface area contributed by atoms with Gasteiger partial charge in [-0.05, 0) is 36.4 Å². The predicted octanol–water partition coefficient (Wildman–Crippen LogP) is 3.69. The summed E-state index contributed by atoms with van der Waals surface area (Å²) in [4.78, 5) is 2.68. The number of benzene rings is 2. The Morgan fingerprint density at radius 1 is 1.04 bits per heavy atom. The number of nitrogens with two attached hydrogens (primary N) is 1. The summed E-state index contributed by atoms with van der Waals surface area (Å²) in [5.74, 6) is 0. The number of hydrogen-bond donors (Lipinski definition) is 2. The number of sulfonamides is 1. The van der Waals surface area contributed by atoms with Crippen LogP contribution in [0.1, 0.15) is 5.69 Å². The van der Waals surface area contributed by atoms with Gasteiger partial charge in [0.1, 0.15) is 4.90 Å². The summed E-state index contributed by atoms with van der Waals surface area (Å²) in [5.41, 5.74) is 0.146. The molecule has 0 amide bonds. The number of aromatic amines is 1. The molecule has 10 heteroatoms. The molecule has 6 nitrogen and oxygen atoms in total. The van der Waals surface area contributed by atoms with E-state index in [2.05, 4.69) is 10.1 Å². The largest absolute Gasteiger partial charge is 0.435 e. The normalized spacial score (nSPS) is 12.6. The minimum atomic E-state index is -4.70. The SMILES string of the molecule is NS(=O)(=O)c1ccccc1-n1nc(C(F)(F)F)cc1-c1ccc2[nH]ccc2c1. The minimum absolute atomic E-state index is 0.0651. The number of aromatic nitrogens is 3. The first-order valence-corrected chi connectivity index (χ1v) is 9.56. The number of rotatable bonds is 3. The monoisotopic (exact) mass is 406 g/mol. The van der Waals surface area contributed by atoms with E-state index in [1.165, 1.54) is 24.3 Å². The van der Waals surface area contributed by atoms with Crippen molar-refractivity contribution in [3.8, 4) is 16.9 Å². The van der Waals surface area contributed by atoms with Crippen LogP contribution >= 0.6 is 0 Å². The van der Waals surface area contributed by atoms with Crippen molar-refractivity contribution in [1.29, 1.82) is 0 Å². The van der Waals surface area contributed by atoms with Crippen molar-refractivity contribution in [2.45, 2.75) is 11.1 Å². The number of nitrogens with one attached hydrogen (secondary N) is 1. The van der Waals surface area contributed by atoms with Crippen molar-refractivity contribution < 1.29 is 21.6 Å². The van der Waals surface area contributed by atoms with Gasteiger partial charge in [-0.15, -0.1) is 0 Å². The molecule has 28 heavy (non-hydrogen) atoms. The Bertz CT molecular complexity index is 1290. The lowest BCUT2D eigenvalue weighted by Crippen LogP contribution is -2.16. The molecule has 2 heterocycles. The van der Waals surface area contributed by atoms with Crippen molar-refractivity contribution in [2.75, 3.05) is 0 Å². The molecule has 0 atom stereocenters. The van der Waals surface area contributed by atoms with E-state index in [4.69, 9.17) is 5.14 Å². The molecule has 0 saturated heterocycles. The standard InChI is InChI=1S/C18H13F3N4O2S/c19-18(20,21)17-10-15(12-5-6-13-11(9-12)7-8-23-13)25(24-17)14-3-1-2-4-16(14)28(22,26)27/h1-10,23H,(H2,22,26,27). The fourth-order valence-electron chi connectivity index (χ4n) is 2.99. The summed E-state index contributed by atoms with van der Waals surface area (Å²) in [7, 11) is -4.18. The number of para-hydroxylation sites is 1. The lowest BCUT2D eigenvalue weighted by molar-refractivity contribution is -0.141. The maximum Gasteiger partial charge on any atom is 0.435 e. The molecule has 0 aliphatic carbocycles. The van der Waals surface area contributed by atoms with Gasteiger partial charge in [0, 0.05) is 22.7 Å². The summed E-state index contributed by atoms with van der Waals surface area (Å²) in [6.45, 7) is 0. The van der Waals surface area contributed by atoms with Gasteiger partial charge in [0.05, 0.1) is 11.4 Å². The van der Waals surface area contributed by atoms with E-state index in [-0.39, 0.29) is 16.3 Å². The van der Waals surface area contributed by atoms with Gasteiger partial charge in [0.2, 0.25) is 10.0 Å². The lowest BCUT2D eigenvalue weighted by Gasteiger charge is -2.11. The number of fused-ring (bicyclic) bond motifs is 1. The van der Waals surface area contributed by atoms with Gasteiger partial charge >= 0.3 is 6.18 Å². The van der Waals surface area contributed by atoms with E-state index < -0.39 is 21.9 Å². The van der Waals surface area contributed by atoms with Crippen molar-refractivity contribution >= 4 is 20.9 Å². The summed E-state index contributed by atoms with van der Waals surface area (Å²) >= 11 is 0. The highest BCUT2D eigenvalue weighted by atomic mass is 32.2. The zero-order valence-corrected chi connectivity index (χ0v) is 14.9. The molecule has 4 aromatic rings. The number of alkyl halides is 3. The Balaban J connectivity index is 2.01. The Morgan fingerprint density at radius 3 is 2.50 bits per heavy atom. The number of H-pyrrole nitrogens is 1. The second-order valence-corrected chi connectivity index (χ2v) is 7.65. The first-order chi connectivity index (χ1) is 13.1. The van der Waals surface area contributed by atoms with Crippen LogP contribution in [0.3, 0.4) is 0 Å². The number of halogens is 3. The van der Waals surface area contributed by atoms with Crippen molar-refractivity contribution in [3.63, 3.8) is 0 Å². The molecule has 4 rings (SSSR count). The van der Waals surface area contributed by atoms with Crippen LogP contribution in [0.15, 0.2) is 65.7 Å². The fraction of sp³-hybridized carbons (Fsp3) is 0.0556. The molecular formula is C18H13F3N4O2S. The first kappa shape index (κ1) is 18.3. The Labute approximate surface area is 157 Å². The van der Waals surface area contributed by atoms with E-state index >= 15 is 0 Å². The molecule has 144 valence electrons. The fourth-order valence-corrected chi connectivity index (χ4v) is 3.71. The van der Waals surface area contributed by atoms with Crippen LogP contribution in [-0.2, 0) is 16.2 Å². The molecule has 3 N–H and O–H groups in total. The van der Waals surface area contributed by atoms with Crippen molar-refractivity contribution in [2.24, 2.45) is 5.14 Å². The Kier molecular flexibility index (Phi) is 4.05. The lowest BCUT2D eigenvalue weighted by atomic mass is 10.1. The second kappa shape index (κ2) is 6.21. The number of primary sulfonamides is 1.